The van der Waals surface area contributed by atoms with Crippen LogP contribution in [-0.4, -0.2) is 25.0 Å². The van der Waals surface area contributed by atoms with E-state index in [2.05, 4.69) is 31.0 Å². The van der Waals surface area contributed by atoms with Crippen molar-refractivity contribution in [1.82, 2.24) is 0 Å². The second kappa shape index (κ2) is 5.83. The summed E-state index contributed by atoms with van der Waals surface area (Å²) in [7, 11) is 2.08. The Morgan fingerprint density at radius 1 is 1.45 bits per heavy atom. The Bertz CT molecular complexity index is 488. The van der Waals surface area contributed by atoms with Crippen LogP contribution in [0.4, 0.5) is 5.69 Å². The van der Waals surface area contributed by atoms with Crippen LogP contribution in [0.15, 0.2) is 24.3 Å². The zero-order valence-corrected chi connectivity index (χ0v) is 12.4. The Morgan fingerprint density at radius 2 is 2.15 bits per heavy atom. The number of amides is 1. The van der Waals surface area contributed by atoms with Crippen LogP contribution in [0.2, 0.25) is 0 Å². The zero-order chi connectivity index (χ0) is 14.8. The molecule has 1 aliphatic carbocycles. The maximum atomic E-state index is 11.6. The van der Waals surface area contributed by atoms with Crippen LogP contribution in [0.3, 0.4) is 0 Å². The first-order chi connectivity index (χ1) is 9.45. The van der Waals surface area contributed by atoms with Gasteiger partial charge in [-0.1, -0.05) is 24.6 Å². The third kappa shape index (κ3) is 2.80. The van der Waals surface area contributed by atoms with E-state index in [1.165, 1.54) is 11.3 Å². The fourth-order valence-corrected chi connectivity index (χ4v) is 3.29. The van der Waals surface area contributed by atoms with Crippen molar-refractivity contribution in [3.63, 3.8) is 0 Å². The number of carbonyl (C=O) groups excluding carboxylic acids is 1. The standard InChI is InChI=1S/C16H25N3O/c1-12-6-3-4-8-14(12)19(2)11-9-13-7-5-10-16(13,18)15(17)20/h3-4,6,8,13H,5,7,9-11,18H2,1-2H3,(H2,17,20). The summed E-state index contributed by atoms with van der Waals surface area (Å²) in [5.74, 6) is -0.148. The Morgan fingerprint density at radius 3 is 2.80 bits per heavy atom. The van der Waals surface area contributed by atoms with E-state index in [9.17, 15) is 4.79 Å². The van der Waals surface area contributed by atoms with E-state index in [1.807, 2.05) is 12.1 Å². The molecule has 4 nitrogen and oxygen atoms in total. The molecule has 110 valence electrons. The minimum absolute atomic E-state index is 0.200. The molecule has 2 atom stereocenters. The van der Waals surface area contributed by atoms with Gasteiger partial charge < -0.3 is 16.4 Å². The van der Waals surface area contributed by atoms with Gasteiger partial charge in [0.2, 0.25) is 5.91 Å². The van der Waals surface area contributed by atoms with Crippen molar-refractivity contribution in [2.24, 2.45) is 17.4 Å². The summed E-state index contributed by atoms with van der Waals surface area (Å²) in [5, 5.41) is 0. The van der Waals surface area contributed by atoms with Crippen LogP contribution in [0.5, 0.6) is 0 Å². The van der Waals surface area contributed by atoms with E-state index in [0.29, 0.717) is 0 Å². The largest absolute Gasteiger partial charge is 0.374 e. The van der Waals surface area contributed by atoms with Gasteiger partial charge in [-0.3, -0.25) is 4.79 Å². The number of aryl methyl sites for hydroxylation is 1. The minimum Gasteiger partial charge on any atom is -0.374 e. The highest BCUT2D eigenvalue weighted by Gasteiger charge is 2.43. The summed E-state index contributed by atoms with van der Waals surface area (Å²) >= 11 is 0. The summed E-state index contributed by atoms with van der Waals surface area (Å²) in [4.78, 5) is 13.8. The first-order valence-corrected chi connectivity index (χ1v) is 7.30. The second-order valence-electron chi connectivity index (χ2n) is 5.99. The lowest BCUT2D eigenvalue weighted by Crippen LogP contribution is -2.55. The number of anilines is 1. The van der Waals surface area contributed by atoms with Gasteiger partial charge >= 0.3 is 0 Å². The quantitative estimate of drug-likeness (QED) is 0.860. The fourth-order valence-electron chi connectivity index (χ4n) is 3.29. The highest BCUT2D eigenvalue weighted by Crippen LogP contribution is 2.36. The zero-order valence-electron chi connectivity index (χ0n) is 12.4. The predicted molar refractivity (Wildman–Crippen MR) is 82.5 cm³/mol. The van der Waals surface area contributed by atoms with Gasteiger partial charge in [-0.05, 0) is 43.7 Å². The molecular weight excluding hydrogens is 250 g/mol. The maximum Gasteiger partial charge on any atom is 0.237 e. The molecule has 0 spiro atoms. The van der Waals surface area contributed by atoms with Gasteiger partial charge in [0, 0.05) is 19.3 Å². The molecule has 1 amide bonds. The minimum atomic E-state index is -0.799. The summed E-state index contributed by atoms with van der Waals surface area (Å²) in [6.07, 6.45) is 3.63. The summed E-state index contributed by atoms with van der Waals surface area (Å²) < 4.78 is 0. The van der Waals surface area contributed by atoms with Gasteiger partial charge in [0.15, 0.2) is 0 Å². The normalized spacial score (nSPS) is 25.6. The number of rotatable bonds is 5. The molecule has 0 aliphatic heterocycles. The summed E-state index contributed by atoms with van der Waals surface area (Å²) in [5.41, 5.74) is 13.4. The molecule has 0 bridgehead atoms. The SMILES string of the molecule is Cc1ccccc1N(C)CCC1CCCC1(N)C(N)=O. The van der Waals surface area contributed by atoms with E-state index in [-0.39, 0.29) is 11.8 Å². The summed E-state index contributed by atoms with van der Waals surface area (Å²) in [6, 6.07) is 8.32. The third-order valence-electron chi connectivity index (χ3n) is 4.67. The molecule has 0 radical (unpaired) electrons. The number of hydrogen-bond acceptors (Lipinski definition) is 3. The molecule has 1 aromatic carbocycles. The average molecular weight is 275 g/mol. The highest BCUT2D eigenvalue weighted by molar-refractivity contribution is 5.85. The van der Waals surface area contributed by atoms with E-state index in [0.717, 1.165) is 32.2 Å². The first kappa shape index (κ1) is 14.9. The number of benzene rings is 1. The molecule has 0 heterocycles. The Hall–Kier alpha value is -1.55. The van der Waals surface area contributed by atoms with E-state index in [1.54, 1.807) is 0 Å². The van der Waals surface area contributed by atoms with Crippen LogP contribution in [0.1, 0.15) is 31.2 Å². The number of primary amides is 1. The van der Waals surface area contributed by atoms with E-state index >= 15 is 0 Å². The highest BCUT2D eigenvalue weighted by atomic mass is 16.1. The molecule has 0 saturated heterocycles. The monoisotopic (exact) mass is 275 g/mol. The van der Waals surface area contributed by atoms with Crippen LogP contribution < -0.4 is 16.4 Å². The second-order valence-corrected chi connectivity index (χ2v) is 5.99. The fraction of sp³-hybridized carbons (Fsp3) is 0.562. The number of nitrogens with zero attached hydrogens (tertiary/aromatic N) is 1. The van der Waals surface area contributed by atoms with Crippen molar-refractivity contribution in [2.45, 2.75) is 38.1 Å². The molecule has 1 fully saturated rings. The van der Waals surface area contributed by atoms with Gasteiger partial charge in [0.05, 0.1) is 5.54 Å². The predicted octanol–water partition coefficient (Wildman–Crippen LogP) is 1.80. The van der Waals surface area contributed by atoms with Crippen LogP contribution in [0.25, 0.3) is 0 Å². The van der Waals surface area contributed by atoms with Crippen molar-refractivity contribution in [1.29, 1.82) is 0 Å². The number of hydrogen-bond donors (Lipinski definition) is 2. The topological polar surface area (TPSA) is 72.3 Å². The lowest BCUT2D eigenvalue weighted by molar-refractivity contribution is -0.124. The average Bonchev–Trinajstić information content (AvgIpc) is 2.79. The lowest BCUT2D eigenvalue weighted by atomic mass is 9.85. The molecule has 1 aromatic rings. The number of nitrogens with two attached hydrogens (primary N) is 2. The first-order valence-electron chi connectivity index (χ1n) is 7.30. The molecule has 4 heteroatoms. The molecule has 1 aliphatic rings. The van der Waals surface area contributed by atoms with Crippen molar-refractivity contribution in [3.05, 3.63) is 29.8 Å². The third-order valence-corrected chi connectivity index (χ3v) is 4.67. The van der Waals surface area contributed by atoms with Gasteiger partial charge in [-0.2, -0.15) is 0 Å². The molecule has 2 rings (SSSR count). The number of carbonyl (C=O) groups is 1. The van der Waals surface area contributed by atoms with Gasteiger partial charge in [0.1, 0.15) is 0 Å². The molecular formula is C16H25N3O. The van der Waals surface area contributed by atoms with Gasteiger partial charge in [0.25, 0.3) is 0 Å². The molecule has 1 saturated carbocycles. The van der Waals surface area contributed by atoms with Crippen molar-refractivity contribution in [3.8, 4) is 0 Å². The Kier molecular flexibility index (Phi) is 4.33. The van der Waals surface area contributed by atoms with Gasteiger partial charge in [-0.25, -0.2) is 0 Å². The smallest absolute Gasteiger partial charge is 0.237 e. The molecule has 4 N–H and O–H groups in total. The molecule has 2 unspecified atom stereocenters. The molecule has 20 heavy (non-hydrogen) atoms. The number of para-hydroxylation sites is 1. The lowest BCUT2D eigenvalue weighted by Gasteiger charge is -2.30. The van der Waals surface area contributed by atoms with E-state index in [4.69, 9.17) is 11.5 Å². The van der Waals surface area contributed by atoms with E-state index < -0.39 is 5.54 Å². The molecule has 0 aromatic heterocycles. The van der Waals surface area contributed by atoms with Crippen molar-refractivity contribution >= 4 is 11.6 Å². The summed E-state index contributed by atoms with van der Waals surface area (Å²) in [6.45, 7) is 3.00. The van der Waals surface area contributed by atoms with Crippen LogP contribution in [0, 0.1) is 12.8 Å². The van der Waals surface area contributed by atoms with Crippen LogP contribution >= 0.6 is 0 Å². The van der Waals surface area contributed by atoms with Crippen molar-refractivity contribution < 1.29 is 4.79 Å². The maximum absolute atomic E-state index is 11.6. The van der Waals surface area contributed by atoms with Gasteiger partial charge in [-0.15, -0.1) is 0 Å². The Balaban J connectivity index is 1.99. The van der Waals surface area contributed by atoms with Crippen LogP contribution in [-0.2, 0) is 4.79 Å². The van der Waals surface area contributed by atoms with Crippen molar-refractivity contribution in [2.75, 3.05) is 18.5 Å². The Labute approximate surface area is 121 Å².